The first-order valence-electron chi connectivity index (χ1n) is 8.32. The van der Waals surface area contributed by atoms with Crippen LogP contribution in [-0.2, 0) is 11.3 Å². The van der Waals surface area contributed by atoms with Crippen molar-refractivity contribution in [3.8, 4) is 11.3 Å². The number of amides is 1. The van der Waals surface area contributed by atoms with Gasteiger partial charge in [-0.15, -0.1) is 11.3 Å². The van der Waals surface area contributed by atoms with Crippen LogP contribution in [0.15, 0.2) is 33.1 Å². The van der Waals surface area contributed by atoms with Crippen molar-refractivity contribution in [2.24, 2.45) is 5.92 Å². The van der Waals surface area contributed by atoms with Gasteiger partial charge in [0.15, 0.2) is 0 Å². The van der Waals surface area contributed by atoms with E-state index in [0.717, 1.165) is 29.1 Å². The molecule has 0 bridgehead atoms. The molecule has 0 spiro atoms. The van der Waals surface area contributed by atoms with Crippen LogP contribution in [0.3, 0.4) is 0 Å². The molecule has 0 saturated carbocycles. The zero-order valence-electron chi connectivity index (χ0n) is 14.2. The predicted octanol–water partition coefficient (Wildman–Crippen LogP) is 2.89. The third-order valence-corrected chi connectivity index (χ3v) is 5.64. The number of rotatable bonds is 3. The number of thiophene rings is 1. The molecule has 130 valence electrons. The lowest BCUT2D eigenvalue weighted by molar-refractivity contribution is -0.127. The Morgan fingerprint density at radius 2 is 2.28 bits per heavy atom. The van der Waals surface area contributed by atoms with Crippen molar-refractivity contribution < 1.29 is 9.21 Å². The minimum atomic E-state index is -0.0448. The van der Waals surface area contributed by atoms with Gasteiger partial charge in [-0.25, -0.2) is 4.98 Å². The Balaban J connectivity index is 1.68. The van der Waals surface area contributed by atoms with E-state index < -0.39 is 0 Å². The highest BCUT2D eigenvalue weighted by Crippen LogP contribution is 2.31. The number of hydrogen-bond acceptors (Lipinski definition) is 5. The fourth-order valence-electron chi connectivity index (χ4n) is 3.40. The number of carbonyl (C=O) groups is 1. The molecule has 0 aliphatic carbocycles. The number of fused-ring (bicyclic) bond motifs is 1. The Morgan fingerprint density at radius 1 is 1.44 bits per heavy atom. The lowest BCUT2D eigenvalue weighted by Gasteiger charge is -2.14. The Bertz CT molecular complexity index is 1000. The van der Waals surface area contributed by atoms with Crippen LogP contribution in [0, 0.1) is 12.8 Å². The SMILES string of the molecule is CC(=O)N1CCC(Cn2cnc3scc(-c4ccc(C)o4)c3c2=O)C1. The molecule has 1 atom stereocenters. The van der Waals surface area contributed by atoms with Gasteiger partial charge in [-0.05, 0) is 31.4 Å². The summed E-state index contributed by atoms with van der Waals surface area (Å²) in [6, 6.07) is 3.78. The average molecular weight is 357 g/mol. The molecular formula is C18H19N3O3S. The number of aromatic nitrogens is 2. The summed E-state index contributed by atoms with van der Waals surface area (Å²) in [4.78, 5) is 31.5. The summed E-state index contributed by atoms with van der Waals surface area (Å²) in [5.74, 6) is 1.89. The summed E-state index contributed by atoms with van der Waals surface area (Å²) in [7, 11) is 0. The molecule has 1 saturated heterocycles. The van der Waals surface area contributed by atoms with E-state index in [4.69, 9.17) is 4.42 Å². The Labute approximate surface area is 148 Å². The van der Waals surface area contributed by atoms with Gasteiger partial charge >= 0.3 is 0 Å². The van der Waals surface area contributed by atoms with Crippen LogP contribution in [0.4, 0.5) is 0 Å². The van der Waals surface area contributed by atoms with E-state index in [1.165, 1.54) is 11.3 Å². The molecule has 4 heterocycles. The summed E-state index contributed by atoms with van der Waals surface area (Å²) in [5, 5.41) is 2.54. The number of nitrogens with zero attached hydrogens (tertiary/aromatic N) is 3. The lowest BCUT2D eigenvalue weighted by atomic mass is 10.1. The molecule has 25 heavy (non-hydrogen) atoms. The summed E-state index contributed by atoms with van der Waals surface area (Å²) >= 11 is 1.45. The maximum absolute atomic E-state index is 13.0. The monoisotopic (exact) mass is 357 g/mol. The summed E-state index contributed by atoms with van der Waals surface area (Å²) in [6.45, 7) is 5.52. The van der Waals surface area contributed by atoms with E-state index >= 15 is 0 Å². The van der Waals surface area contributed by atoms with Gasteiger partial charge in [0, 0.05) is 37.5 Å². The zero-order valence-corrected chi connectivity index (χ0v) is 15.0. The van der Waals surface area contributed by atoms with Gasteiger partial charge in [-0.3, -0.25) is 14.2 Å². The van der Waals surface area contributed by atoms with Crippen LogP contribution in [0.5, 0.6) is 0 Å². The van der Waals surface area contributed by atoms with E-state index in [-0.39, 0.29) is 17.4 Å². The maximum Gasteiger partial charge on any atom is 0.262 e. The van der Waals surface area contributed by atoms with Crippen LogP contribution in [0.25, 0.3) is 21.5 Å². The number of aryl methyl sites for hydroxylation is 1. The first kappa shape index (κ1) is 16.1. The van der Waals surface area contributed by atoms with Crippen LogP contribution in [0.1, 0.15) is 19.1 Å². The van der Waals surface area contributed by atoms with Gasteiger partial charge in [0.2, 0.25) is 5.91 Å². The Kier molecular flexibility index (Phi) is 3.95. The number of furan rings is 1. The smallest absolute Gasteiger partial charge is 0.262 e. The van der Waals surface area contributed by atoms with Gasteiger partial charge in [0.25, 0.3) is 5.56 Å². The highest BCUT2D eigenvalue weighted by molar-refractivity contribution is 7.17. The molecular weight excluding hydrogens is 338 g/mol. The molecule has 0 N–H and O–H groups in total. The molecule has 6 nitrogen and oxygen atoms in total. The molecule has 1 aliphatic rings. The molecule has 7 heteroatoms. The van der Waals surface area contributed by atoms with E-state index in [9.17, 15) is 9.59 Å². The van der Waals surface area contributed by atoms with Crippen molar-refractivity contribution >= 4 is 27.5 Å². The molecule has 1 amide bonds. The largest absolute Gasteiger partial charge is 0.461 e. The highest BCUT2D eigenvalue weighted by atomic mass is 32.1. The average Bonchev–Trinajstić information content (AvgIpc) is 3.29. The third-order valence-electron chi connectivity index (χ3n) is 4.75. The van der Waals surface area contributed by atoms with E-state index in [1.54, 1.807) is 17.8 Å². The van der Waals surface area contributed by atoms with Crippen LogP contribution >= 0.6 is 11.3 Å². The fraction of sp³-hybridized carbons (Fsp3) is 0.389. The first-order valence-corrected chi connectivity index (χ1v) is 9.20. The molecule has 0 radical (unpaired) electrons. The lowest BCUT2D eigenvalue weighted by Crippen LogP contribution is -2.28. The van der Waals surface area contributed by atoms with Crippen LogP contribution in [0.2, 0.25) is 0 Å². The van der Waals surface area contributed by atoms with Crippen molar-refractivity contribution in [1.29, 1.82) is 0 Å². The Hall–Kier alpha value is -2.41. The molecule has 3 aromatic heterocycles. The molecule has 1 aliphatic heterocycles. The highest BCUT2D eigenvalue weighted by Gasteiger charge is 2.25. The van der Waals surface area contributed by atoms with Gasteiger partial charge in [-0.2, -0.15) is 0 Å². The third kappa shape index (κ3) is 2.89. The van der Waals surface area contributed by atoms with Crippen LogP contribution in [-0.4, -0.2) is 33.4 Å². The molecule has 1 unspecified atom stereocenters. The maximum atomic E-state index is 13.0. The Morgan fingerprint density at radius 3 is 2.96 bits per heavy atom. The second-order valence-electron chi connectivity index (χ2n) is 6.56. The number of carbonyl (C=O) groups excluding carboxylic acids is 1. The molecule has 4 rings (SSSR count). The first-order chi connectivity index (χ1) is 12.0. The normalized spacial score (nSPS) is 17.5. The minimum Gasteiger partial charge on any atom is -0.461 e. The minimum absolute atomic E-state index is 0.0448. The fourth-order valence-corrected chi connectivity index (χ4v) is 4.29. The zero-order chi connectivity index (χ0) is 17.6. The molecule has 3 aromatic rings. The van der Waals surface area contributed by atoms with Crippen molar-refractivity contribution in [3.05, 3.63) is 40.0 Å². The standard InChI is InChI=1S/C18H19N3O3S/c1-11-3-4-15(24-11)14-9-25-17-16(14)18(23)21(10-19-17)8-13-5-6-20(7-13)12(2)22/h3-4,9-10,13H,5-8H2,1-2H3. The van der Waals surface area contributed by atoms with Crippen molar-refractivity contribution in [3.63, 3.8) is 0 Å². The van der Waals surface area contributed by atoms with E-state index in [1.807, 2.05) is 29.3 Å². The van der Waals surface area contributed by atoms with Crippen molar-refractivity contribution in [1.82, 2.24) is 14.5 Å². The van der Waals surface area contributed by atoms with Gasteiger partial charge < -0.3 is 9.32 Å². The van der Waals surface area contributed by atoms with Gasteiger partial charge in [0.1, 0.15) is 16.4 Å². The molecule has 1 fully saturated rings. The van der Waals surface area contributed by atoms with Crippen LogP contribution < -0.4 is 5.56 Å². The molecule has 0 aromatic carbocycles. The van der Waals surface area contributed by atoms with Crippen molar-refractivity contribution in [2.45, 2.75) is 26.8 Å². The summed E-state index contributed by atoms with van der Waals surface area (Å²) in [6.07, 6.45) is 2.53. The van der Waals surface area contributed by atoms with E-state index in [0.29, 0.717) is 24.2 Å². The summed E-state index contributed by atoms with van der Waals surface area (Å²) < 4.78 is 7.36. The summed E-state index contributed by atoms with van der Waals surface area (Å²) in [5.41, 5.74) is 0.758. The second kappa shape index (κ2) is 6.15. The van der Waals surface area contributed by atoms with Crippen molar-refractivity contribution in [2.75, 3.05) is 13.1 Å². The van der Waals surface area contributed by atoms with Gasteiger partial charge in [-0.1, -0.05) is 0 Å². The predicted molar refractivity (Wildman–Crippen MR) is 96.7 cm³/mol. The quantitative estimate of drug-likeness (QED) is 0.723. The number of hydrogen-bond donors (Lipinski definition) is 0. The second-order valence-corrected chi connectivity index (χ2v) is 7.42. The topological polar surface area (TPSA) is 68.3 Å². The van der Waals surface area contributed by atoms with Gasteiger partial charge in [0.05, 0.1) is 11.7 Å². The number of likely N-dealkylation sites (tertiary alicyclic amines) is 1. The van der Waals surface area contributed by atoms with E-state index in [2.05, 4.69) is 4.98 Å².